The van der Waals surface area contributed by atoms with Gasteiger partial charge in [-0.05, 0) is 81.5 Å². The van der Waals surface area contributed by atoms with Crippen molar-refractivity contribution < 1.29 is 4.74 Å². The van der Waals surface area contributed by atoms with Crippen LogP contribution in [-0.4, -0.2) is 16.2 Å². The van der Waals surface area contributed by atoms with Gasteiger partial charge in [0.15, 0.2) is 0 Å². The van der Waals surface area contributed by atoms with Crippen molar-refractivity contribution in [1.29, 1.82) is 0 Å². The van der Waals surface area contributed by atoms with E-state index in [0.29, 0.717) is 0 Å². The first kappa shape index (κ1) is 20.2. The lowest BCUT2D eigenvalue weighted by atomic mass is 10.1. The molecular weight excluding hydrogens is 368 g/mol. The molecule has 1 aromatic heterocycles. The van der Waals surface area contributed by atoms with E-state index in [1.54, 1.807) is 0 Å². The van der Waals surface area contributed by atoms with Gasteiger partial charge in [-0.1, -0.05) is 42.0 Å². The molecule has 3 aromatic carbocycles. The molecule has 3 heteroatoms. The molecule has 0 aliphatic carbocycles. The molecule has 0 amide bonds. The molecule has 0 fully saturated rings. The maximum Gasteiger partial charge on any atom is 0.141 e. The molecule has 4 rings (SSSR count). The Morgan fingerprint density at radius 1 is 0.800 bits per heavy atom. The summed E-state index contributed by atoms with van der Waals surface area (Å²) in [5.41, 5.74) is 8.58. The maximum absolute atomic E-state index is 5.97. The minimum Gasteiger partial charge on any atom is -0.494 e. The fraction of sp³-hybridized carbons (Fsp3) is 0.296. The van der Waals surface area contributed by atoms with Crippen LogP contribution < -0.4 is 4.74 Å². The lowest BCUT2D eigenvalue weighted by Gasteiger charge is -2.12. The van der Waals surface area contributed by atoms with Crippen LogP contribution >= 0.6 is 0 Å². The summed E-state index contributed by atoms with van der Waals surface area (Å²) in [4.78, 5) is 4.97. The van der Waals surface area contributed by atoms with E-state index in [4.69, 9.17) is 9.72 Å². The third-order valence-corrected chi connectivity index (χ3v) is 5.80. The van der Waals surface area contributed by atoms with Gasteiger partial charge < -0.3 is 9.30 Å². The molecule has 0 N–H and O–H groups in total. The van der Waals surface area contributed by atoms with Crippen LogP contribution in [0.5, 0.6) is 5.75 Å². The largest absolute Gasteiger partial charge is 0.494 e. The third kappa shape index (κ3) is 4.25. The summed E-state index contributed by atoms with van der Waals surface area (Å²) in [5, 5.41) is 0. The van der Waals surface area contributed by atoms with Gasteiger partial charge in [-0.25, -0.2) is 4.98 Å². The van der Waals surface area contributed by atoms with Crippen molar-refractivity contribution in [2.75, 3.05) is 6.61 Å². The van der Waals surface area contributed by atoms with Crippen LogP contribution in [0.15, 0.2) is 60.7 Å². The van der Waals surface area contributed by atoms with Gasteiger partial charge in [-0.3, -0.25) is 0 Å². The Hall–Kier alpha value is -3.07. The Morgan fingerprint density at radius 2 is 1.63 bits per heavy atom. The van der Waals surface area contributed by atoms with Gasteiger partial charge in [0.2, 0.25) is 0 Å². The van der Waals surface area contributed by atoms with E-state index >= 15 is 0 Å². The topological polar surface area (TPSA) is 27.1 Å². The number of ether oxygens (including phenoxy) is 1. The zero-order valence-electron chi connectivity index (χ0n) is 18.4. The van der Waals surface area contributed by atoms with Crippen molar-refractivity contribution in [1.82, 2.24) is 9.55 Å². The van der Waals surface area contributed by atoms with Gasteiger partial charge >= 0.3 is 0 Å². The van der Waals surface area contributed by atoms with Crippen LogP contribution in [0.1, 0.15) is 35.1 Å². The average Bonchev–Trinajstić information content (AvgIpc) is 3.09. The Labute approximate surface area is 179 Å². The molecule has 0 unspecified atom stereocenters. The van der Waals surface area contributed by atoms with Crippen LogP contribution in [-0.2, 0) is 6.54 Å². The number of aryl methyl sites for hydroxylation is 5. The molecule has 3 nitrogen and oxygen atoms in total. The Balaban J connectivity index is 1.48. The molecule has 0 saturated carbocycles. The second-order valence-electron chi connectivity index (χ2n) is 8.20. The van der Waals surface area contributed by atoms with E-state index in [9.17, 15) is 0 Å². The summed E-state index contributed by atoms with van der Waals surface area (Å²) in [5.74, 6) is 2.02. The van der Waals surface area contributed by atoms with Crippen molar-refractivity contribution in [2.24, 2.45) is 0 Å². The lowest BCUT2D eigenvalue weighted by Crippen LogP contribution is -2.05. The Kier molecular flexibility index (Phi) is 5.89. The maximum atomic E-state index is 5.97. The monoisotopic (exact) mass is 398 g/mol. The molecule has 0 saturated heterocycles. The van der Waals surface area contributed by atoms with Crippen LogP contribution in [0.4, 0.5) is 0 Å². The second-order valence-corrected chi connectivity index (χ2v) is 8.20. The van der Waals surface area contributed by atoms with E-state index in [1.165, 1.54) is 33.3 Å². The fourth-order valence-corrected chi connectivity index (χ4v) is 3.94. The first-order valence-electron chi connectivity index (χ1n) is 10.8. The molecule has 0 spiro atoms. The van der Waals surface area contributed by atoms with Crippen molar-refractivity contribution in [3.8, 4) is 17.1 Å². The number of hydrogen-bond donors (Lipinski definition) is 0. The number of unbranched alkanes of at least 4 members (excludes halogenated alkanes) is 1. The summed E-state index contributed by atoms with van der Waals surface area (Å²) in [6.45, 7) is 10.2. The van der Waals surface area contributed by atoms with E-state index in [0.717, 1.165) is 43.1 Å². The smallest absolute Gasteiger partial charge is 0.141 e. The summed E-state index contributed by atoms with van der Waals surface area (Å²) in [6.07, 6.45) is 2.05. The first-order valence-corrected chi connectivity index (χ1v) is 10.8. The minimum absolute atomic E-state index is 0.730. The fourth-order valence-electron chi connectivity index (χ4n) is 3.94. The standard InChI is InChI=1S/C27H30N2O/c1-19-11-14-24(22(4)17-19)27-28-25-9-5-6-10-26(25)29(27)15-7-8-16-30-23-13-12-20(2)21(3)18-23/h5-6,9-14,17-18H,7-8,15-16H2,1-4H3. The highest BCUT2D eigenvalue weighted by Crippen LogP contribution is 2.28. The zero-order valence-corrected chi connectivity index (χ0v) is 18.4. The van der Waals surface area contributed by atoms with Gasteiger partial charge in [-0.15, -0.1) is 0 Å². The molecule has 0 bridgehead atoms. The van der Waals surface area contributed by atoms with Crippen LogP contribution in [0.25, 0.3) is 22.4 Å². The van der Waals surface area contributed by atoms with Crippen molar-refractivity contribution >= 4 is 11.0 Å². The molecule has 154 valence electrons. The lowest BCUT2D eigenvalue weighted by molar-refractivity contribution is 0.303. The first-order chi connectivity index (χ1) is 14.5. The third-order valence-electron chi connectivity index (χ3n) is 5.80. The number of rotatable bonds is 7. The zero-order chi connectivity index (χ0) is 21.1. The van der Waals surface area contributed by atoms with Crippen LogP contribution in [0, 0.1) is 27.7 Å². The van der Waals surface area contributed by atoms with Gasteiger partial charge in [0, 0.05) is 12.1 Å². The number of fused-ring (bicyclic) bond motifs is 1. The molecule has 0 radical (unpaired) electrons. The summed E-state index contributed by atoms with van der Waals surface area (Å²) in [6, 6.07) is 21.3. The molecular formula is C27H30N2O. The van der Waals surface area contributed by atoms with Gasteiger partial charge in [0.25, 0.3) is 0 Å². The predicted octanol–water partition coefficient (Wildman–Crippen LogP) is 6.80. The quantitative estimate of drug-likeness (QED) is 0.320. The Morgan fingerprint density at radius 3 is 2.43 bits per heavy atom. The second kappa shape index (κ2) is 8.74. The number of hydrogen-bond acceptors (Lipinski definition) is 2. The van der Waals surface area contributed by atoms with E-state index in [1.807, 2.05) is 0 Å². The van der Waals surface area contributed by atoms with Crippen LogP contribution in [0.3, 0.4) is 0 Å². The van der Waals surface area contributed by atoms with E-state index in [-0.39, 0.29) is 0 Å². The number of imidazole rings is 1. The van der Waals surface area contributed by atoms with Crippen molar-refractivity contribution in [3.05, 3.63) is 82.9 Å². The van der Waals surface area contributed by atoms with E-state index < -0.39 is 0 Å². The van der Waals surface area contributed by atoms with Crippen LogP contribution in [0.2, 0.25) is 0 Å². The molecule has 0 aliphatic rings. The molecule has 0 aliphatic heterocycles. The van der Waals surface area contributed by atoms with Gasteiger partial charge in [0.05, 0.1) is 17.6 Å². The summed E-state index contributed by atoms with van der Waals surface area (Å²) in [7, 11) is 0. The molecule has 1 heterocycles. The highest BCUT2D eigenvalue weighted by atomic mass is 16.5. The number of aromatic nitrogens is 2. The molecule has 4 aromatic rings. The highest BCUT2D eigenvalue weighted by molar-refractivity contribution is 5.81. The average molecular weight is 399 g/mol. The molecule has 0 atom stereocenters. The van der Waals surface area contributed by atoms with Gasteiger partial charge in [-0.2, -0.15) is 0 Å². The summed E-state index contributed by atoms with van der Waals surface area (Å²) < 4.78 is 8.34. The molecule has 30 heavy (non-hydrogen) atoms. The van der Waals surface area contributed by atoms with Gasteiger partial charge in [0.1, 0.15) is 11.6 Å². The Bertz CT molecular complexity index is 1170. The van der Waals surface area contributed by atoms with Crippen molar-refractivity contribution in [3.63, 3.8) is 0 Å². The predicted molar refractivity (Wildman–Crippen MR) is 125 cm³/mol. The number of nitrogens with zero attached hydrogens (tertiary/aromatic N) is 2. The highest BCUT2D eigenvalue weighted by Gasteiger charge is 2.14. The SMILES string of the molecule is Cc1ccc(-c2nc3ccccc3n2CCCCOc2ccc(C)c(C)c2)c(C)c1. The van der Waals surface area contributed by atoms with E-state index in [2.05, 4.69) is 92.9 Å². The minimum atomic E-state index is 0.730. The van der Waals surface area contributed by atoms with Crippen molar-refractivity contribution in [2.45, 2.75) is 47.1 Å². The normalized spacial score (nSPS) is 11.2. The number of para-hydroxylation sites is 2. The summed E-state index contributed by atoms with van der Waals surface area (Å²) >= 11 is 0. The number of benzene rings is 3.